The highest BCUT2D eigenvalue weighted by Crippen LogP contribution is 2.40. The molecule has 2 unspecified atom stereocenters. The van der Waals surface area contributed by atoms with Crippen LogP contribution in [0.25, 0.3) is 0 Å². The summed E-state index contributed by atoms with van der Waals surface area (Å²) in [5.41, 5.74) is 4.39. The van der Waals surface area contributed by atoms with E-state index >= 15 is 0 Å². The van der Waals surface area contributed by atoms with Crippen molar-refractivity contribution in [1.29, 1.82) is 0 Å². The number of fused-ring (bicyclic) bond motifs is 3. The fraction of sp³-hybridized carbons (Fsp3) is 0.214. The molecule has 0 saturated carbocycles. The van der Waals surface area contributed by atoms with Crippen molar-refractivity contribution < 1.29 is 9.59 Å². The van der Waals surface area contributed by atoms with Crippen LogP contribution in [0.4, 0.5) is 11.4 Å². The Labute approximate surface area is 209 Å². The Morgan fingerprint density at radius 2 is 1.69 bits per heavy atom. The van der Waals surface area contributed by atoms with E-state index in [-0.39, 0.29) is 11.8 Å². The molecule has 6 nitrogen and oxygen atoms in total. The van der Waals surface area contributed by atoms with Crippen molar-refractivity contribution >= 4 is 46.0 Å². The van der Waals surface area contributed by atoms with Gasteiger partial charge in [-0.25, -0.2) is 4.99 Å². The number of benzene rings is 3. The zero-order valence-electron chi connectivity index (χ0n) is 19.6. The van der Waals surface area contributed by atoms with Gasteiger partial charge in [0.1, 0.15) is 11.9 Å². The summed E-state index contributed by atoms with van der Waals surface area (Å²) in [6.45, 7) is 4.08. The highest BCUT2D eigenvalue weighted by atomic mass is 32.2. The lowest BCUT2D eigenvalue weighted by Crippen LogP contribution is -2.40. The van der Waals surface area contributed by atoms with Crippen LogP contribution in [0.1, 0.15) is 43.0 Å². The second kappa shape index (κ2) is 9.88. The summed E-state index contributed by atoms with van der Waals surface area (Å²) in [4.78, 5) is 37.5. The maximum absolute atomic E-state index is 13.2. The third kappa shape index (κ3) is 4.51. The molecule has 7 heteroatoms. The van der Waals surface area contributed by atoms with Gasteiger partial charge in [0.2, 0.25) is 5.91 Å². The van der Waals surface area contributed by atoms with Gasteiger partial charge in [-0.05, 0) is 48.2 Å². The number of aryl methyl sites for hydroxylation is 1. The molecular formula is C28H26N4O2S. The van der Waals surface area contributed by atoms with E-state index in [1.165, 1.54) is 17.3 Å². The zero-order valence-corrected chi connectivity index (χ0v) is 20.5. The summed E-state index contributed by atoms with van der Waals surface area (Å²) < 4.78 is 0. The van der Waals surface area contributed by atoms with E-state index in [1.807, 2.05) is 90.7 Å². The molecule has 0 aromatic heterocycles. The molecule has 5 rings (SSSR count). The summed E-state index contributed by atoms with van der Waals surface area (Å²) in [6.07, 6.45) is 1.55. The van der Waals surface area contributed by atoms with Crippen molar-refractivity contribution in [3.63, 3.8) is 0 Å². The van der Waals surface area contributed by atoms with Crippen molar-refractivity contribution in [2.75, 3.05) is 5.32 Å². The normalized spacial score (nSPS) is 17.3. The van der Waals surface area contributed by atoms with Crippen molar-refractivity contribution in [3.8, 4) is 0 Å². The van der Waals surface area contributed by atoms with Crippen LogP contribution in [0.2, 0.25) is 0 Å². The van der Waals surface area contributed by atoms with Crippen molar-refractivity contribution in [1.82, 2.24) is 4.90 Å². The minimum absolute atomic E-state index is 0.0939. The fourth-order valence-corrected chi connectivity index (χ4v) is 5.31. The van der Waals surface area contributed by atoms with Crippen LogP contribution in [0, 0.1) is 0 Å². The molecule has 0 aliphatic carbocycles. The summed E-state index contributed by atoms with van der Waals surface area (Å²) in [5, 5.41) is 3.25. The molecule has 2 atom stereocenters. The summed E-state index contributed by atoms with van der Waals surface area (Å²) in [6, 6.07) is 24.6. The van der Waals surface area contributed by atoms with Gasteiger partial charge in [-0.3, -0.25) is 14.5 Å². The number of hydrogen-bond acceptors (Lipinski definition) is 5. The number of anilines is 1. The molecule has 2 aliphatic heterocycles. The maximum atomic E-state index is 13.2. The number of aliphatic imine (C=N–C) groups is 2. The Bertz CT molecular complexity index is 1320. The highest BCUT2D eigenvalue weighted by molar-refractivity contribution is 8.15. The first-order valence-electron chi connectivity index (χ1n) is 11.8. The predicted molar refractivity (Wildman–Crippen MR) is 142 cm³/mol. The molecule has 0 fully saturated rings. The summed E-state index contributed by atoms with van der Waals surface area (Å²) >= 11 is 1.37. The average molecular weight is 483 g/mol. The quantitative estimate of drug-likeness (QED) is 0.487. The number of nitrogens with one attached hydrogen (secondary N) is 1. The SMILES string of the molecule is CCc1ccc(NC(=O)C(CC)SC2=Nc3ccccc3C3=NC(=O)C(c4ccccc4)N23)cc1. The van der Waals surface area contributed by atoms with Gasteiger partial charge in [-0.2, -0.15) is 4.99 Å². The van der Waals surface area contributed by atoms with Gasteiger partial charge >= 0.3 is 0 Å². The van der Waals surface area contributed by atoms with Crippen LogP contribution < -0.4 is 5.32 Å². The van der Waals surface area contributed by atoms with Crippen LogP contribution in [0.3, 0.4) is 0 Å². The molecule has 2 heterocycles. The first-order chi connectivity index (χ1) is 17.1. The Hall–Kier alpha value is -3.71. The largest absolute Gasteiger partial charge is 0.325 e. The van der Waals surface area contributed by atoms with E-state index in [0.29, 0.717) is 17.4 Å². The average Bonchev–Trinajstić information content (AvgIpc) is 3.25. The minimum Gasteiger partial charge on any atom is -0.325 e. The first-order valence-corrected chi connectivity index (χ1v) is 12.7. The lowest BCUT2D eigenvalue weighted by atomic mass is 10.0. The summed E-state index contributed by atoms with van der Waals surface area (Å²) in [5.74, 6) is 0.260. The monoisotopic (exact) mass is 482 g/mol. The Kier molecular flexibility index (Phi) is 6.51. The van der Waals surface area contributed by atoms with Crippen molar-refractivity contribution in [2.45, 2.75) is 38.0 Å². The first kappa shape index (κ1) is 23.1. The van der Waals surface area contributed by atoms with Gasteiger partial charge < -0.3 is 5.32 Å². The number of amidine groups is 2. The molecule has 3 aromatic carbocycles. The van der Waals surface area contributed by atoms with E-state index in [0.717, 1.165) is 28.9 Å². The van der Waals surface area contributed by atoms with Gasteiger partial charge in [0.15, 0.2) is 5.17 Å². The van der Waals surface area contributed by atoms with Crippen LogP contribution in [0.5, 0.6) is 0 Å². The zero-order chi connectivity index (χ0) is 24.4. The van der Waals surface area contributed by atoms with E-state index in [4.69, 9.17) is 4.99 Å². The topological polar surface area (TPSA) is 74.1 Å². The predicted octanol–water partition coefficient (Wildman–Crippen LogP) is 5.73. The minimum atomic E-state index is -0.604. The molecule has 0 bridgehead atoms. The Morgan fingerprint density at radius 3 is 2.40 bits per heavy atom. The smallest absolute Gasteiger partial charge is 0.275 e. The van der Waals surface area contributed by atoms with Crippen LogP contribution in [-0.4, -0.2) is 33.0 Å². The maximum Gasteiger partial charge on any atom is 0.275 e. The third-order valence-electron chi connectivity index (χ3n) is 6.16. The number of thioether (sulfide) groups is 1. The molecule has 0 saturated heterocycles. The van der Waals surface area contributed by atoms with Crippen LogP contribution in [-0.2, 0) is 16.0 Å². The molecule has 1 N–H and O–H groups in total. The van der Waals surface area contributed by atoms with Gasteiger partial charge in [0.25, 0.3) is 5.91 Å². The molecular weight excluding hydrogens is 456 g/mol. The fourth-order valence-electron chi connectivity index (χ4n) is 4.27. The van der Waals surface area contributed by atoms with Crippen molar-refractivity contribution in [2.24, 2.45) is 9.98 Å². The highest BCUT2D eigenvalue weighted by Gasteiger charge is 2.43. The van der Waals surface area contributed by atoms with Crippen LogP contribution in [0.15, 0.2) is 88.8 Å². The number of carbonyl (C=O) groups excluding carboxylic acids is 2. The van der Waals surface area contributed by atoms with Gasteiger partial charge in [0.05, 0.1) is 10.9 Å². The van der Waals surface area contributed by atoms with Crippen LogP contribution >= 0.6 is 11.8 Å². The molecule has 35 heavy (non-hydrogen) atoms. The van der Waals surface area contributed by atoms with Crippen molar-refractivity contribution in [3.05, 3.63) is 95.6 Å². The molecule has 3 aromatic rings. The summed E-state index contributed by atoms with van der Waals surface area (Å²) in [7, 11) is 0. The standard InChI is InChI=1S/C28H26N4O2S/c1-3-18-14-16-20(17-15-18)29-26(33)23(4-2)35-28-30-22-13-9-8-12-21(22)25-31-27(34)24(32(25)28)19-10-6-5-7-11-19/h5-17,23-24H,3-4H2,1-2H3,(H,29,33). The van der Waals surface area contributed by atoms with E-state index in [1.54, 1.807) is 0 Å². The van der Waals surface area contributed by atoms with E-state index in [9.17, 15) is 9.59 Å². The number of nitrogens with zero attached hydrogens (tertiary/aromatic N) is 3. The number of hydrogen-bond donors (Lipinski definition) is 1. The number of para-hydroxylation sites is 1. The second-order valence-corrected chi connectivity index (χ2v) is 9.59. The van der Waals surface area contributed by atoms with Gasteiger partial charge in [0, 0.05) is 11.3 Å². The third-order valence-corrected chi connectivity index (χ3v) is 7.49. The van der Waals surface area contributed by atoms with Gasteiger partial charge in [-0.15, -0.1) is 0 Å². The molecule has 0 spiro atoms. The number of amides is 2. The van der Waals surface area contributed by atoms with E-state index in [2.05, 4.69) is 17.2 Å². The second-order valence-electron chi connectivity index (χ2n) is 8.42. The molecule has 2 aliphatic rings. The lowest BCUT2D eigenvalue weighted by Gasteiger charge is -2.32. The Morgan fingerprint density at radius 1 is 0.971 bits per heavy atom. The number of carbonyl (C=O) groups is 2. The van der Waals surface area contributed by atoms with E-state index < -0.39 is 11.3 Å². The number of rotatable bonds is 6. The molecule has 176 valence electrons. The van der Waals surface area contributed by atoms with Gasteiger partial charge in [-0.1, -0.05) is 80.2 Å². The molecule has 2 amide bonds. The lowest BCUT2D eigenvalue weighted by molar-refractivity contribution is -0.119. The Balaban J connectivity index is 1.46. The molecule has 0 radical (unpaired) electrons.